The monoisotopic (exact) mass is 307 g/mol. The van der Waals surface area contributed by atoms with Crippen LogP contribution in [0.25, 0.3) is 0 Å². The van der Waals surface area contributed by atoms with Crippen molar-refractivity contribution < 1.29 is 4.74 Å². The van der Waals surface area contributed by atoms with Crippen LogP contribution in [-0.4, -0.2) is 30.8 Å². The van der Waals surface area contributed by atoms with Crippen molar-refractivity contribution in [1.82, 2.24) is 5.32 Å². The number of benzene rings is 1. The van der Waals surface area contributed by atoms with Crippen LogP contribution < -0.4 is 5.32 Å². The Hall–Kier alpha value is -0.510. The molecule has 2 nitrogen and oxygen atoms in total. The maximum atomic E-state index is 5.72. The van der Waals surface area contributed by atoms with Gasteiger partial charge in [-0.05, 0) is 45.2 Å². The van der Waals surface area contributed by atoms with E-state index < -0.39 is 0 Å². The van der Waals surface area contributed by atoms with Gasteiger partial charge in [0.15, 0.2) is 0 Å². The van der Waals surface area contributed by atoms with E-state index in [-0.39, 0.29) is 0 Å². The number of ether oxygens (including phenoxy) is 1. The third-order valence-corrected chi connectivity index (χ3v) is 5.08. The summed E-state index contributed by atoms with van der Waals surface area (Å²) in [7, 11) is 0. The van der Waals surface area contributed by atoms with Crippen LogP contribution in [0.3, 0.4) is 0 Å². The zero-order valence-corrected chi connectivity index (χ0v) is 14.5. The summed E-state index contributed by atoms with van der Waals surface area (Å²) in [5.74, 6) is 2.26. The Morgan fingerprint density at radius 1 is 1.29 bits per heavy atom. The van der Waals surface area contributed by atoms with Gasteiger partial charge in [0.25, 0.3) is 0 Å². The van der Waals surface area contributed by atoms with Gasteiger partial charge in [0.2, 0.25) is 0 Å². The van der Waals surface area contributed by atoms with Gasteiger partial charge in [-0.15, -0.1) is 0 Å². The molecule has 1 aliphatic heterocycles. The molecule has 0 aliphatic carbocycles. The van der Waals surface area contributed by atoms with Gasteiger partial charge in [0.05, 0.1) is 6.10 Å². The molecule has 1 N–H and O–H groups in total. The van der Waals surface area contributed by atoms with Gasteiger partial charge in [0, 0.05) is 24.2 Å². The molecular weight excluding hydrogens is 278 g/mol. The van der Waals surface area contributed by atoms with Crippen molar-refractivity contribution in [3.8, 4) is 0 Å². The van der Waals surface area contributed by atoms with Crippen LogP contribution in [0.4, 0.5) is 0 Å². The molecule has 1 fully saturated rings. The molecule has 1 saturated heterocycles. The average molecular weight is 308 g/mol. The van der Waals surface area contributed by atoms with Gasteiger partial charge in [-0.25, -0.2) is 0 Å². The first-order chi connectivity index (χ1) is 10.2. The highest BCUT2D eigenvalue weighted by molar-refractivity contribution is 7.99. The molecule has 2 rings (SSSR count). The van der Waals surface area contributed by atoms with Gasteiger partial charge in [0.1, 0.15) is 0 Å². The maximum Gasteiger partial charge on any atom is 0.0666 e. The predicted octanol–water partition coefficient (Wildman–Crippen LogP) is 4.26. The second-order valence-corrected chi connectivity index (χ2v) is 7.18. The molecule has 1 aromatic carbocycles. The van der Waals surface area contributed by atoms with Gasteiger partial charge in [-0.3, -0.25) is 0 Å². The number of aryl methyl sites for hydroxylation is 2. The van der Waals surface area contributed by atoms with Crippen LogP contribution in [-0.2, 0) is 4.74 Å². The summed E-state index contributed by atoms with van der Waals surface area (Å²) >= 11 is 2.03. The normalized spacial score (nSPS) is 19.9. The summed E-state index contributed by atoms with van der Waals surface area (Å²) in [5, 5.41) is 3.70. The predicted molar refractivity (Wildman–Crippen MR) is 93.2 cm³/mol. The fourth-order valence-electron chi connectivity index (χ4n) is 2.90. The highest BCUT2D eigenvalue weighted by Gasteiger charge is 2.17. The molecule has 3 heteroatoms. The van der Waals surface area contributed by atoms with E-state index in [1.54, 1.807) is 0 Å². The fraction of sp³-hybridized carbons (Fsp3) is 0.667. The number of thioether (sulfide) groups is 1. The molecule has 21 heavy (non-hydrogen) atoms. The van der Waals surface area contributed by atoms with E-state index in [9.17, 15) is 0 Å². The van der Waals surface area contributed by atoms with E-state index in [0.717, 1.165) is 24.7 Å². The van der Waals surface area contributed by atoms with E-state index >= 15 is 0 Å². The van der Waals surface area contributed by atoms with Crippen LogP contribution in [0.1, 0.15) is 48.9 Å². The summed E-state index contributed by atoms with van der Waals surface area (Å²) in [4.78, 5) is 0. The molecule has 0 saturated carbocycles. The quantitative estimate of drug-likeness (QED) is 0.775. The van der Waals surface area contributed by atoms with Crippen molar-refractivity contribution in [3.05, 3.63) is 34.9 Å². The standard InChI is InChI=1S/C18H29NOS/c1-4-7-19-18(13-21-12-17-6-5-8-20-17)16-10-14(2)9-15(3)11-16/h9-11,17-19H,4-8,12-13H2,1-3H3. The van der Waals surface area contributed by atoms with E-state index in [4.69, 9.17) is 4.74 Å². The number of hydrogen-bond donors (Lipinski definition) is 1. The van der Waals surface area contributed by atoms with Gasteiger partial charge < -0.3 is 10.1 Å². The largest absolute Gasteiger partial charge is 0.377 e. The van der Waals surface area contributed by atoms with E-state index in [2.05, 4.69) is 44.3 Å². The molecule has 2 unspecified atom stereocenters. The molecule has 1 heterocycles. The third-order valence-electron chi connectivity index (χ3n) is 3.90. The third kappa shape index (κ3) is 5.65. The summed E-state index contributed by atoms with van der Waals surface area (Å²) in [6, 6.07) is 7.36. The molecule has 0 aromatic heterocycles. The molecule has 0 amide bonds. The molecule has 0 bridgehead atoms. The first-order valence-electron chi connectivity index (χ1n) is 8.20. The Kier molecular flexibility index (Phi) is 7.08. The maximum absolute atomic E-state index is 5.72. The molecular formula is C18H29NOS. The smallest absolute Gasteiger partial charge is 0.0666 e. The lowest BCUT2D eigenvalue weighted by molar-refractivity contribution is 0.129. The number of rotatable bonds is 8. The average Bonchev–Trinajstić information content (AvgIpc) is 2.94. The highest BCUT2D eigenvalue weighted by Crippen LogP contribution is 2.24. The van der Waals surface area contributed by atoms with Crippen molar-refractivity contribution in [1.29, 1.82) is 0 Å². The summed E-state index contributed by atoms with van der Waals surface area (Å²) in [6.45, 7) is 8.64. The van der Waals surface area contributed by atoms with Gasteiger partial charge in [-0.1, -0.05) is 36.2 Å². The van der Waals surface area contributed by atoms with Gasteiger partial charge in [-0.2, -0.15) is 11.8 Å². The highest BCUT2D eigenvalue weighted by atomic mass is 32.2. The van der Waals surface area contributed by atoms with Crippen LogP contribution in [0.5, 0.6) is 0 Å². The van der Waals surface area contributed by atoms with E-state index in [0.29, 0.717) is 12.1 Å². The first-order valence-corrected chi connectivity index (χ1v) is 9.35. The van der Waals surface area contributed by atoms with Gasteiger partial charge >= 0.3 is 0 Å². The van der Waals surface area contributed by atoms with Crippen molar-refractivity contribution in [2.75, 3.05) is 24.7 Å². The second kappa shape index (κ2) is 8.82. The van der Waals surface area contributed by atoms with E-state index in [1.807, 2.05) is 11.8 Å². The van der Waals surface area contributed by atoms with E-state index in [1.165, 1.54) is 36.0 Å². The summed E-state index contributed by atoms with van der Waals surface area (Å²) in [6.07, 6.45) is 4.14. The lowest BCUT2D eigenvalue weighted by Gasteiger charge is -2.20. The Balaban J connectivity index is 1.92. The topological polar surface area (TPSA) is 21.3 Å². The molecule has 1 aromatic rings. The van der Waals surface area contributed by atoms with Crippen LogP contribution in [0, 0.1) is 13.8 Å². The lowest BCUT2D eigenvalue weighted by atomic mass is 10.0. The Labute approximate surface area is 134 Å². The Morgan fingerprint density at radius 2 is 2.05 bits per heavy atom. The number of hydrogen-bond acceptors (Lipinski definition) is 3. The molecule has 0 radical (unpaired) electrons. The fourth-order valence-corrected chi connectivity index (χ4v) is 4.10. The Morgan fingerprint density at radius 3 is 2.67 bits per heavy atom. The van der Waals surface area contributed by atoms with Crippen LogP contribution in [0.2, 0.25) is 0 Å². The minimum absolute atomic E-state index is 0.454. The zero-order valence-electron chi connectivity index (χ0n) is 13.7. The van der Waals surface area contributed by atoms with Crippen molar-refractivity contribution in [3.63, 3.8) is 0 Å². The van der Waals surface area contributed by atoms with Crippen LogP contribution >= 0.6 is 11.8 Å². The SMILES string of the molecule is CCCNC(CSCC1CCCO1)c1cc(C)cc(C)c1. The summed E-state index contributed by atoms with van der Waals surface area (Å²) < 4.78 is 5.72. The minimum Gasteiger partial charge on any atom is -0.377 e. The van der Waals surface area contributed by atoms with Crippen molar-refractivity contribution >= 4 is 11.8 Å². The Bertz CT molecular complexity index is 409. The lowest BCUT2D eigenvalue weighted by Crippen LogP contribution is -2.25. The minimum atomic E-state index is 0.454. The first kappa shape index (κ1) is 16.9. The van der Waals surface area contributed by atoms with Crippen LogP contribution in [0.15, 0.2) is 18.2 Å². The second-order valence-electron chi connectivity index (χ2n) is 6.10. The number of nitrogens with one attached hydrogen (secondary N) is 1. The van der Waals surface area contributed by atoms with Crippen molar-refractivity contribution in [2.45, 2.75) is 52.2 Å². The summed E-state index contributed by atoms with van der Waals surface area (Å²) in [5.41, 5.74) is 4.15. The van der Waals surface area contributed by atoms with Crippen molar-refractivity contribution in [2.24, 2.45) is 0 Å². The molecule has 2 atom stereocenters. The molecule has 1 aliphatic rings. The zero-order chi connectivity index (χ0) is 15.1. The molecule has 0 spiro atoms. The molecule has 118 valence electrons.